The molecule has 0 atom stereocenters. The molecule has 0 unspecified atom stereocenters. The Bertz CT molecular complexity index is 730. The molecule has 0 radical (unpaired) electrons. The molecule has 0 aliphatic carbocycles. The number of hydrogen-bond donors (Lipinski definition) is 1. The van der Waals surface area contributed by atoms with Gasteiger partial charge in [-0.15, -0.1) is 0 Å². The van der Waals surface area contributed by atoms with Crippen molar-refractivity contribution >= 4 is 0 Å². The van der Waals surface area contributed by atoms with Gasteiger partial charge < -0.3 is 4.98 Å². The van der Waals surface area contributed by atoms with Crippen molar-refractivity contribution in [2.45, 2.75) is 26.2 Å². The van der Waals surface area contributed by atoms with Crippen LogP contribution in [-0.4, -0.2) is 9.97 Å². The summed E-state index contributed by atoms with van der Waals surface area (Å²) in [6.45, 7) is 2.19. The fourth-order valence-corrected chi connectivity index (χ4v) is 2.72. The van der Waals surface area contributed by atoms with Crippen molar-refractivity contribution in [3.8, 4) is 22.3 Å². The zero-order chi connectivity index (χ0) is 15.4. The molecule has 0 fully saturated rings. The molecule has 1 N–H and O–H groups in total. The van der Waals surface area contributed by atoms with Gasteiger partial charge in [0, 0.05) is 35.4 Å². The largest absolute Gasteiger partial charge is 0.364 e. The predicted octanol–water partition coefficient (Wildman–Crippen LogP) is 5.23. The molecule has 3 aromatic rings. The van der Waals surface area contributed by atoms with Crippen molar-refractivity contribution in [1.82, 2.24) is 9.97 Å². The van der Waals surface area contributed by atoms with Crippen LogP contribution in [0, 0.1) is 5.82 Å². The lowest BCUT2D eigenvalue weighted by molar-refractivity contribution is 0.628. The molecule has 1 aromatic carbocycles. The molecular formula is C19H19FN2. The average molecular weight is 294 g/mol. The lowest BCUT2D eigenvalue weighted by atomic mass is 9.96. The molecule has 0 saturated carbocycles. The first kappa shape index (κ1) is 14.5. The highest BCUT2D eigenvalue weighted by atomic mass is 19.1. The number of aromatic amines is 1. The van der Waals surface area contributed by atoms with E-state index >= 15 is 0 Å². The second kappa shape index (κ2) is 6.56. The fourth-order valence-electron chi connectivity index (χ4n) is 2.72. The number of rotatable bonds is 5. The molecule has 22 heavy (non-hydrogen) atoms. The number of halogens is 1. The summed E-state index contributed by atoms with van der Waals surface area (Å²) in [5, 5.41) is 0. The van der Waals surface area contributed by atoms with Crippen LogP contribution >= 0.6 is 0 Å². The molecule has 0 amide bonds. The molecule has 2 aromatic heterocycles. The van der Waals surface area contributed by atoms with Gasteiger partial charge in [-0.05, 0) is 48.2 Å². The Morgan fingerprint density at radius 3 is 2.41 bits per heavy atom. The Morgan fingerprint density at radius 2 is 1.73 bits per heavy atom. The van der Waals surface area contributed by atoms with Crippen molar-refractivity contribution in [2.75, 3.05) is 0 Å². The lowest BCUT2D eigenvalue weighted by Crippen LogP contribution is -1.90. The first-order chi connectivity index (χ1) is 10.8. The Balaban J connectivity index is 2.10. The van der Waals surface area contributed by atoms with E-state index in [2.05, 4.69) is 16.9 Å². The predicted molar refractivity (Wildman–Crippen MR) is 88.0 cm³/mol. The highest BCUT2D eigenvalue weighted by Crippen LogP contribution is 2.35. The second-order valence-electron chi connectivity index (χ2n) is 5.40. The molecule has 3 heteroatoms. The van der Waals surface area contributed by atoms with Crippen molar-refractivity contribution in [3.63, 3.8) is 0 Å². The number of H-pyrrole nitrogens is 1. The number of pyridine rings is 1. The van der Waals surface area contributed by atoms with Gasteiger partial charge in [-0.25, -0.2) is 4.39 Å². The molecular weight excluding hydrogens is 275 g/mol. The van der Waals surface area contributed by atoms with E-state index in [1.54, 1.807) is 12.4 Å². The molecule has 0 bridgehead atoms. The van der Waals surface area contributed by atoms with Gasteiger partial charge in [-0.1, -0.05) is 25.5 Å². The third kappa shape index (κ3) is 2.93. The van der Waals surface area contributed by atoms with Crippen LogP contribution < -0.4 is 0 Å². The second-order valence-corrected chi connectivity index (χ2v) is 5.40. The Morgan fingerprint density at radius 1 is 1.00 bits per heavy atom. The van der Waals surface area contributed by atoms with Crippen molar-refractivity contribution in [3.05, 3.63) is 66.5 Å². The molecule has 2 nitrogen and oxygen atoms in total. The van der Waals surface area contributed by atoms with Crippen LogP contribution in [0.2, 0.25) is 0 Å². The van der Waals surface area contributed by atoms with Crippen LogP contribution in [0.5, 0.6) is 0 Å². The standard InChI is InChI=1S/C19H19FN2/c1-2-3-4-18-19(15-9-11-21-12-10-15)17(13-22-18)14-5-7-16(20)8-6-14/h5-13,22H,2-4H2,1H3. The van der Waals surface area contributed by atoms with E-state index in [1.807, 2.05) is 30.5 Å². The number of aryl methyl sites for hydroxylation is 1. The molecule has 3 rings (SSSR count). The van der Waals surface area contributed by atoms with E-state index in [9.17, 15) is 4.39 Å². The van der Waals surface area contributed by atoms with E-state index in [4.69, 9.17) is 0 Å². The molecule has 112 valence electrons. The maximum atomic E-state index is 13.2. The van der Waals surface area contributed by atoms with Gasteiger partial charge in [0.05, 0.1) is 0 Å². The van der Waals surface area contributed by atoms with Gasteiger partial charge >= 0.3 is 0 Å². The third-order valence-electron chi connectivity index (χ3n) is 3.87. The summed E-state index contributed by atoms with van der Waals surface area (Å²) in [6, 6.07) is 10.7. The van der Waals surface area contributed by atoms with E-state index in [0.29, 0.717) is 0 Å². The van der Waals surface area contributed by atoms with Crippen LogP contribution in [0.25, 0.3) is 22.3 Å². The summed E-state index contributed by atoms with van der Waals surface area (Å²) >= 11 is 0. The summed E-state index contributed by atoms with van der Waals surface area (Å²) in [4.78, 5) is 7.51. The van der Waals surface area contributed by atoms with Crippen LogP contribution in [0.4, 0.5) is 4.39 Å². The monoisotopic (exact) mass is 294 g/mol. The van der Waals surface area contributed by atoms with Gasteiger partial charge in [-0.3, -0.25) is 4.98 Å². The number of nitrogens with zero attached hydrogens (tertiary/aromatic N) is 1. The first-order valence-electron chi connectivity index (χ1n) is 7.66. The van der Waals surface area contributed by atoms with Gasteiger partial charge in [0.15, 0.2) is 0 Å². The van der Waals surface area contributed by atoms with E-state index in [1.165, 1.54) is 23.4 Å². The minimum absolute atomic E-state index is 0.212. The van der Waals surface area contributed by atoms with E-state index in [-0.39, 0.29) is 5.82 Å². The zero-order valence-electron chi connectivity index (χ0n) is 12.6. The molecule has 0 aliphatic heterocycles. The summed E-state index contributed by atoms with van der Waals surface area (Å²) < 4.78 is 13.2. The number of hydrogen-bond acceptors (Lipinski definition) is 1. The minimum atomic E-state index is -0.212. The minimum Gasteiger partial charge on any atom is -0.364 e. The normalized spacial score (nSPS) is 10.8. The van der Waals surface area contributed by atoms with Crippen LogP contribution in [0.15, 0.2) is 55.0 Å². The highest BCUT2D eigenvalue weighted by Gasteiger charge is 2.14. The quantitative estimate of drug-likeness (QED) is 0.686. The lowest BCUT2D eigenvalue weighted by Gasteiger charge is -2.08. The van der Waals surface area contributed by atoms with Gasteiger partial charge in [-0.2, -0.15) is 0 Å². The number of benzene rings is 1. The van der Waals surface area contributed by atoms with Gasteiger partial charge in [0.25, 0.3) is 0 Å². The van der Waals surface area contributed by atoms with Crippen LogP contribution in [0.3, 0.4) is 0 Å². The van der Waals surface area contributed by atoms with Gasteiger partial charge in [0.2, 0.25) is 0 Å². The van der Waals surface area contributed by atoms with Crippen molar-refractivity contribution < 1.29 is 4.39 Å². The zero-order valence-corrected chi connectivity index (χ0v) is 12.6. The molecule has 0 aliphatic rings. The van der Waals surface area contributed by atoms with Crippen LogP contribution in [-0.2, 0) is 6.42 Å². The highest BCUT2D eigenvalue weighted by molar-refractivity contribution is 5.85. The maximum Gasteiger partial charge on any atom is 0.123 e. The first-order valence-corrected chi connectivity index (χ1v) is 7.66. The molecule has 0 saturated heterocycles. The topological polar surface area (TPSA) is 28.7 Å². The number of aromatic nitrogens is 2. The van der Waals surface area contributed by atoms with Crippen molar-refractivity contribution in [1.29, 1.82) is 0 Å². The van der Waals surface area contributed by atoms with Gasteiger partial charge in [0.1, 0.15) is 5.82 Å². The number of unbranched alkanes of at least 4 members (excludes halogenated alkanes) is 1. The molecule has 0 spiro atoms. The number of nitrogens with one attached hydrogen (secondary N) is 1. The smallest absolute Gasteiger partial charge is 0.123 e. The fraction of sp³-hybridized carbons (Fsp3) is 0.211. The average Bonchev–Trinajstić information content (AvgIpc) is 2.98. The molecule has 2 heterocycles. The summed E-state index contributed by atoms with van der Waals surface area (Å²) in [7, 11) is 0. The summed E-state index contributed by atoms with van der Waals surface area (Å²) in [5.41, 5.74) is 5.70. The Labute approximate surface area is 130 Å². The maximum absolute atomic E-state index is 13.2. The van der Waals surface area contributed by atoms with E-state index in [0.717, 1.165) is 36.0 Å². The van der Waals surface area contributed by atoms with E-state index < -0.39 is 0 Å². The Kier molecular flexibility index (Phi) is 4.33. The summed E-state index contributed by atoms with van der Waals surface area (Å²) in [6.07, 6.45) is 8.94. The third-order valence-corrected chi connectivity index (χ3v) is 3.87. The Hall–Kier alpha value is -2.42. The van der Waals surface area contributed by atoms with Crippen molar-refractivity contribution in [2.24, 2.45) is 0 Å². The van der Waals surface area contributed by atoms with Crippen LogP contribution in [0.1, 0.15) is 25.5 Å². The summed E-state index contributed by atoms with van der Waals surface area (Å²) in [5.74, 6) is -0.212. The SMILES string of the molecule is CCCCc1[nH]cc(-c2ccc(F)cc2)c1-c1ccncc1.